The van der Waals surface area contributed by atoms with Crippen LogP contribution in [0, 0.1) is 0 Å². The van der Waals surface area contributed by atoms with Crippen molar-refractivity contribution < 1.29 is 4.79 Å². The number of hydrogen-bond donors (Lipinski definition) is 1. The lowest BCUT2D eigenvalue weighted by molar-refractivity contribution is -0.118. The number of carbonyl (C=O) groups excluding carboxylic acids is 1. The minimum Gasteiger partial charge on any atom is -0.272 e. The van der Waals surface area contributed by atoms with Crippen molar-refractivity contribution in [3.8, 4) is 0 Å². The fourth-order valence-electron chi connectivity index (χ4n) is 0.846. The van der Waals surface area contributed by atoms with Crippen LogP contribution in [0.25, 0.3) is 0 Å². The minimum absolute atomic E-state index is 0.0287. The number of hydrogen-bond acceptors (Lipinski definition) is 4. The second kappa shape index (κ2) is 3.28. The highest BCUT2D eigenvalue weighted by Crippen LogP contribution is 2.17. The molecule has 3 nitrogen and oxygen atoms in total. The Morgan fingerprint density at radius 3 is 3.08 bits per heavy atom. The zero-order chi connectivity index (χ0) is 8.39. The maximum atomic E-state index is 10.7. The first-order valence-electron chi connectivity index (χ1n) is 3.38. The zero-order valence-electron chi connectivity index (χ0n) is 6.11. The molecule has 1 aliphatic heterocycles. The molecule has 0 bridgehead atoms. The van der Waals surface area contributed by atoms with E-state index < -0.39 is 0 Å². The van der Waals surface area contributed by atoms with Gasteiger partial charge in [0.15, 0.2) is 0 Å². The lowest BCUT2D eigenvalue weighted by Gasteiger charge is -2.09. The van der Waals surface area contributed by atoms with Crippen LogP contribution in [0.15, 0.2) is 21.9 Å². The van der Waals surface area contributed by atoms with Gasteiger partial charge < -0.3 is 0 Å². The van der Waals surface area contributed by atoms with Crippen LogP contribution in [0.1, 0.15) is 5.56 Å². The minimum atomic E-state index is -0.0287. The molecule has 0 aromatic carbocycles. The van der Waals surface area contributed by atoms with Crippen LogP contribution in [0.3, 0.4) is 0 Å². The zero-order valence-corrected chi connectivity index (χ0v) is 7.74. The van der Waals surface area contributed by atoms with E-state index in [9.17, 15) is 4.79 Å². The molecule has 2 rings (SSSR count). The first kappa shape index (κ1) is 7.82. The summed E-state index contributed by atoms with van der Waals surface area (Å²) in [5.41, 5.74) is 3.54. The second-order valence-corrected chi connectivity index (χ2v) is 4.00. The summed E-state index contributed by atoms with van der Waals surface area (Å²) in [6.07, 6.45) is 0. The average Bonchev–Trinajstić information content (AvgIpc) is 2.58. The first-order chi connectivity index (χ1) is 5.86. The van der Waals surface area contributed by atoms with Crippen LogP contribution in [0.4, 0.5) is 0 Å². The van der Waals surface area contributed by atoms with Crippen LogP contribution in [-0.2, 0) is 4.79 Å². The first-order valence-corrected chi connectivity index (χ1v) is 5.31. The van der Waals surface area contributed by atoms with Crippen LogP contribution < -0.4 is 5.43 Å². The molecule has 0 aliphatic carbocycles. The van der Waals surface area contributed by atoms with E-state index >= 15 is 0 Å². The van der Waals surface area contributed by atoms with Gasteiger partial charge in [0.2, 0.25) is 0 Å². The van der Waals surface area contributed by atoms with Crippen molar-refractivity contribution in [3.05, 3.63) is 22.4 Å². The van der Waals surface area contributed by atoms with E-state index in [0.717, 1.165) is 10.6 Å². The van der Waals surface area contributed by atoms with Gasteiger partial charge in [0, 0.05) is 10.9 Å². The monoisotopic (exact) mass is 198 g/mol. The number of thiophene rings is 1. The van der Waals surface area contributed by atoms with Gasteiger partial charge in [-0.3, -0.25) is 4.79 Å². The fourth-order valence-corrected chi connectivity index (χ4v) is 2.30. The number of thioether (sulfide) groups is 1. The summed E-state index contributed by atoms with van der Waals surface area (Å²) in [4.78, 5) is 10.7. The van der Waals surface area contributed by atoms with Crippen molar-refractivity contribution in [3.63, 3.8) is 0 Å². The largest absolute Gasteiger partial charge is 0.272 e. The molecule has 62 valence electrons. The predicted octanol–water partition coefficient (Wildman–Crippen LogP) is 1.27. The van der Waals surface area contributed by atoms with Gasteiger partial charge in [-0.1, -0.05) is 11.8 Å². The van der Waals surface area contributed by atoms with E-state index in [2.05, 4.69) is 10.5 Å². The summed E-state index contributed by atoms with van der Waals surface area (Å²) < 4.78 is 0. The number of nitrogens with zero attached hydrogens (tertiary/aromatic N) is 1. The molecule has 1 N–H and O–H groups in total. The lowest BCUT2D eigenvalue weighted by atomic mass is 10.4. The molecule has 12 heavy (non-hydrogen) atoms. The second-order valence-electron chi connectivity index (χ2n) is 2.25. The van der Waals surface area contributed by atoms with E-state index in [0.29, 0.717) is 5.75 Å². The van der Waals surface area contributed by atoms with Crippen LogP contribution in [0.2, 0.25) is 0 Å². The highest BCUT2D eigenvalue weighted by atomic mass is 32.2. The normalized spacial score (nSPS) is 17.0. The van der Waals surface area contributed by atoms with Crippen molar-refractivity contribution >= 4 is 34.0 Å². The summed E-state index contributed by atoms with van der Waals surface area (Å²) >= 11 is 3.10. The van der Waals surface area contributed by atoms with Gasteiger partial charge in [0.25, 0.3) is 5.91 Å². The Hall–Kier alpha value is -0.810. The third-order valence-electron chi connectivity index (χ3n) is 1.39. The number of hydrazone groups is 1. The summed E-state index contributed by atoms with van der Waals surface area (Å²) in [5, 5.41) is 8.85. The van der Waals surface area contributed by atoms with Crippen LogP contribution in [-0.4, -0.2) is 16.7 Å². The number of amides is 1. The standard InChI is InChI=1S/C7H6N2OS2/c10-6-4-12-7(9-8-6)5-1-2-11-3-5/h1-3H,4H2,(H,8,10). The Morgan fingerprint density at radius 1 is 1.58 bits per heavy atom. The van der Waals surface area contributed by atoms with Crippen molar-refractivity contribution in [1.29, 1.82) is 0 Å². The highest BCUT2D eigenvalue weighted by Gasteiger charge is 2.13. The fraction of sp³-hybridized carbons (Fsp3) is 0.143. The summed E-state index contributed by atoms with van der Waals surface area (Å²) in [5.74, 6) is 0.438. The number of rotatable bonds is 1. The quantitative estimate of drug-likeness (QED) is 0.738. The Kier molecular flexibility index (Phi) is 2.14. The van der Waals surface area contributed by atoms with Crippen molar-refractivity contribution in [1.82, 2.24) is 5.43 Å². The van der Waals surface area contributed by atoms with E-state index in [-0.39, 0.29) is 5.91 Å². The lowest BCUT2D eigenvalue weighted by Crippen LogP contribution is -2.26. The molecule has 0 radical (unpaired) electrons. The Labute approximate surface area is 77.9 Å². The van der Waals surface area contributed by atoms with E-state index in [1.807, 2.05) is 16.8 Å². The van der Waals surface area contributed by atoms with Gasteiger partial charge in [-0.15, -0.1) is 0 Å². The third-order valence-corrected chi connectivity index (χ3v) is 3.08. The molecule has 0 saturated carbocycles. The smallest absolute Gasteiger partial charge is 0.250 e. The van der Waals surface area contributed by atoms with E-state index in [1.165, 1.54) is 11.8 Å². The molecule has 0 saturated heterocycles. The molecule has 1 aromatic heterocycles. The molecule has 1 amide bonds. The average molecular weight is 198 g/mol. The van der Waals surface area contributed by atoms with Crippen LogP contribution >= 0.6 is 23.1 Å². The van der Waals surface area contributed by atoms with E-state index in [1.54, 1.807) is 11.3 Å². The topological polar surface area (TPSA) is 41.5 Å². The molecule has 2 heterocycles. The summed E-state index contributed by atoms with van der Waals surface area (Å²) in [6, 6.07) is 1.99. The maximum absolute atomic E-state index is 10.7. The van der Waals surface area contributed by atoms with Gasteiger partial charge in [-0.2, -0.15) is 16.4 Å². The maximum Gasteiger partial charge on any atom is 0.250 e. The molecule has 1 aliphatic rings. The van der Waals surface area contributed by atoms with Gasteiger partial charge >= 0.3 is 0 Å². The highest BCUT2D eigenvalue weighted by molar-refractivity contribution is 8.15. The molecule has 1 aromatic rings. The molecule has 5 heteroatoms. The molecular formula is C7H6N2OS2. The molecule has 0 fully saturated rings. The van der Waals surface area contributed by atoms with Crippen molar-refractivity contribution in [2.45, 2.75) is 0 Å². The van der Waals surface area contributed by atoms with Crippen molar-refractivity contribution in [2.24, 2.45) is 5.10 Å². The Bertz CT molecular complexity index is 318. The third kappa shape index (κ3) is 1.51. The van der Waals surface area contributed by atoms with Gasteiger partial charge in [-0.05, 0) is 11.4 Å². The van der Waals surface area contributed by atoms with E-state index in [4.69, 9.17) is 0 Å². The molecular weight excluding hydrogens is 192 g/mol. The summed E-state index contributed by atoms with van der Waals surface area (Å²) in [6.45, 7) is 0. The molecule has 0 atom stereocenters. The van der Waals surface area contributed by atoms with Crippen LogP contribution in [0.5, 0.6) is 0 Å². The van der Waals surface area contributed by atoms with Gasteiger partial charge in [-0.25, -0.2) is 5.43 Å². The van der Waals surface area contributed by atoms with Gasteiger partial charge in [0.05, 0.1) is 5.75 Å². The molecule has 0 unspecified atom stereocenters. The van der Waals surface area contributed by atoms with Crippen molar-refractivity contribution in [2.75, 3.05) is 5.75 Å². The van der Waals surface area contributed by atoms with Gasteiger partial charge in [0.1, 0.15) is 5.04 Å². The Morgan fingerprint density at radius 2 is 2.50 bits per heavy atom. The predicted molar refractivity (Wildman–Crippen MR) is 51.5 cm³/mol. The Balaban J connectivity index is 2.21. The number of carbonyl (C=O) groups is 1. The number of nitrogens with one attached hydrogen (secondary N) is 1. The molecule has 0 spiro atoms. The summed E-state index contributed by atoms with van der Waals surface area (Å²) in [7, 11) is 0. The SMILES string of the molecule is O=C1CSC(c2ccsc2)=NN1.